The number of benzene rings is 2. The van der Waals surface area contributed by atoms with Crippen molar-refractivity contribution in [2.45, 2.75) is 33.8 Å². The van der Waals surface area contributed by atoms with Crippen LogP contribution in [0.5, 0.6) is 11.5 Å². The lowest BCUT2D eigenvalue weighted by Gasteiger charge is -2.16. The molecule has 0 aliphatic carbocycles. The Morgan fingerprint density at radius 1 is 1.04 bits per heavy atom. The van der Waals surface area contributed by atoms with Gasteiger partial charge in [0.25, 0.3) is 5.91 Å². The van der Waals surface area contributed by atoms with Gasteiger partial charge in [-0.3, -0.25) is 4.79 Å². The summed E-state index contributed by atoms with van der Waals surface area (Å²) in [5, 5.41) is 2.86. The number of carbonyl (C=O) groups is 1. The zero-order valence-electron chi connectivity index (χ0n) is 14.7. The van der Waals surface area contributed by atoms with Crippen molar-refractivity contribution < 1.29 is 14.3 Å². The summed E-state index contributed by atoms with van der Waals surface area (Å²) in [6.07, 6.45) is -0.591. The average Bonchev–Trinajstić information content (AvgIpc) is 2.53. The second kappa shape index (κ2) is 8.39. The van der Waals surface area contributed by atoms with Gasteiger partial charge < -0.3 is 14.8 Å². The highest BCUT2D eigenvalue weighted by Gasteiger charge is 2.15. The maximum atomic E-state index is 12.3. The number of nitrogens with one attached hydrogen (secondary N) is 1. The minimum atomic E-state index is -0.591. The van der Waals surface area contributed by atoms with E-state index in [-0.39, 0.29) is 5.91 Å². The van der Waals surface area contributed by atoms with E-state index in [1.165, 1.54) is 0 Å². The van der Waals surface area contributed by atoms with Gasteiger partial charge in [-0.1, -0.05) is 32.0 Å². The van der Waals surface area contributed by atoms with Crippen LogP contribution in [0.15, 0.2) is 48.5 Å². The Morgan fingerprint density at radius 3 is 2.46 bits per heavy atom. The molecule has 0 spiro atoms. The summed E-state index contributed by atoms with van der Waals surface area (Å²) in [7, 11) is 0. The van der Waals surface area contributed by atoms with Crippen LogP contribution in [0.2, 0.25) is 0 Å². The first-order valence-electron chi connectivity index (χ1n) is 8.21. The first-order valence-corrected chi connectivity index (χ1v) is 8.21. The van der Waals surface area contributed by atoms with Crippen LogP contribution in [0, 0.1) is 12.8 Å². The summed E-state index contributed by atoms with van der Waals surface area (Å²) in [6, 6.07) is 15.0. The van der Waals surface area contributed by atoms with Gasteiger partial charge in [-0.2, -0.15) is 0 Å². The molecular weight excluding hydrogens is 302 g/mol. The summed E-state index contributed by atoms with van der Waals surface area (Å²) in [4.78, 5) is 12.3. The van der Waals surface area contributed by atoms with E-state index in [0.29, 0.717) is 24.0 Å². The summed E-state index contributed by atoms with van der Waals surface area (Å²) in [6.45, 7) is 8.55. The second-order valence-corrected chi connectivity index (χ2v) is 6.30. The van der Waals surface area contributed by atoms with Gasteiger partial charge in [0.15, 0.2) is 6.10 Å². The highest BCUT2D eigenvalue weighted by molar-refractivity contribution is 5.94. The quantitative estimate of drug-likeness (QED) is 0.818. The molecule has 0 bridgehead atoms. The first-order chi connectivity index (χ1) is 11.4. The van der Waals surface area contributed by atoms with Gasteiger partial charge in [0, 0.05) is 11.8 Å². The molecule has 2 rings (SSSR count). The minimum Gasteiger partial charge on any atom is -0.493 e. The van der Waals surface area contributed by atoms with Crippen molar-refractivity contribution in [2.75, 3.05) is 11.9 Å². The predicted octanol–water partition coefficient (Wildman–Crippen LogP) is 4.44. The molecule has 1 N–H and O–H groups in total. The Kier molecular flexibility index (Phi) is 6.24. The Morgan fingerprint density at radius 2 is 1.75 bits per heavy atom. The molecule has 1 amide bonds. The third kappa shape index (κ3) is 5.61. The van der Waals surface area contributed by atoms with Crippen LogP contribution >= 0.6 is 0 Å². The Labute approximate surface area is 143 Å². The average molecular weight is 327 g/mol. The molecule has 0 fully saturated rings. The molecule has 2 aromatic rings. The molecule has 0 heterocycles. The van der Waals surface area contributed by atoms with Crippen LogP contribution in [0.4, 0.5) is 5.69 Å². The van der Waals surface area contributed by atoms with Gasteiger partial charge in [-0.05, 0) is 49.6 Å². The zero-order valence-corrected chi connectivity index (χ0v) is 14.7. The SMILES string of the molecule is Cc1cccc(OC(C)C(=O)Nc2cccc(OCC(C)C)c2)c1. The number of amides is 1. The standard InChI is InChI=1S/C20H25NO3/c1-14(2)13-23-18-9-6-8-17(12-18)21-20(22)16(4)24-19-10-5-7-15(3)11-19/h5-12,14,16H,13H2,1-4H3,(H,21,22). The van der Waals surface area contributed by atoms with E-state index in [4.69, 9.17) is 9.47 Å². The topological polar surface area (TPSA) is 47.6 Å². The highest BCUT2D eigenvalue weighted by Crippen LogP contribution is 2.19. The number of hydrogen-bond donors (Lipinski definition) is 1. The molecule has 0 aromatic heterocycles. The lowest BCUT2D eigenvalue weighted by atomic mass is 10.2. The van der Waals surface area contributed by atoms with Crippen LogP contribution in [0.3, 0.4) is 0 Å². The zero-order chi connectivity index (χ0) is 17.5. The van der Waals surface area contributed by atoms with Crippen molar-refractivity contribution in [1.82, 2.24) is 0 Å². The van der Waals surface area contributed by atoms with E-state index >= 15 is 0 Å². The lowest BCUT2D eigenvalue weighted by Crippen LogP contribution is -2.30. The molecule has 0 radical (unpaired) electrons. The number of anilines is 1. The van der Waals surface area contributed by atoms with Gasteiger partial charge >= 0.3 is 0 Å². The molecule has 4 nitrogen and oxygen atoms in total. The van der Waals surface area contributed by atoms with Crippen molar-refractivity contribution in [3.8, 4) is 11.5 Å². The van der Waals surface area contributed by atoms with Gasteiger partial charge in [0.2, 0.25) is 0 Å². The summed E-state index contributed by atoms with van der Waals surface area (Å²) < 4.78 is 11.4. The number of rotatable bonds is 7. The summed E-state index contributed by atoms with van der Waals surface area (Å²) in [5.74, 6) is 1.68. The third-order valence-electron chi connectivity index (χ3n) is 3.36. The molecule has 1 unspecified atom stereocenters. The van der Waals surface area contributed by atoms with Gasteiger partial charge in [0.1, 0.15) is 11.5 Å². The fraction of sp³-hybridized carbons (Fsp3) is 0.350. The fourth-order valence-electron chi connectivity index (χ4n) is 2.12. The van der Waals surface area contributed by atoms with E-state index in [0.717, 1.165) is 11.3 Å². The maximum Gasteiger partial charge on any atom is 0.265 e. The van der Waals surface area contributed by atoms with Crippen LogP contribution < -0.4 is 14.8 Å². The van der Waals surface area contributed by atoms with E-state index in [2.05, 4.69) is 19.2 Å². The fourth-order valence-corrected chi connectivity index (χ4v) is 2.12. The van der Waals surface area contributed by atoms with Gasteiger partial charge in [-0.25, -0.2) is 0 Å². The first kappa shape index (κ1) is 17.9. The minimum absolute atomic E-state index is 0.197. The van der Waals surface area contributed by atoms with Gasteiger partial charge in [0.05, 0.1) is 6.61 Å². The number of carbonyl (C=O) groups excluding carboxylic acids is 1. The Balaban J connectivity index is 1.94. The predicted molar refractivity (Wildman–Crippen MR) is 96.7 cm³/mol. The van der Waals surface area contributed by atoms with Crippen molar-refractivity contribution in [3.63, 3.8) is 0 Å². The van der Waals surface area contributed by atoms with E-state index in [9.17, 15) is 4.79 Å². The summed E-state index contributed by atoms with van der Waals surface area (Å²) >= 11 is 0. The molecule has 1 atom stereocenters. The number of aryl methyl sites for hydroxylation is 1. The smallest absolute Gasteiger partial charge is 0.265 e. The Bertz CT molecular complexity index is 682. The molecule has 2 aromatic carbocycles. The normalized spacial score (nSPS) is 11.9. The second-order valence-electron chi connectivity index (χ2n) is 6.30. The van der Waals surface area contributed by atoms with Crippen LogP contribution in [0.25, 0.3) is 0 Å². The maximum absolute atomic E-state index is 12.3. The molecule has 128 valence electrons. The molecule has 0 aliphatic heterocycles. The Hall–Kier alpha value is -2.49. The molecule has 0 aliphatic rings. The third-order valence-corrected chi connectivity index (χ3v) is 3.36. The number of hydrogen-bond acceptors (Lipinski definition) is 3. The summed E-state index contributed by atoms with van der Waals surface area (Å²) in [5.41, 5.74) is 1.79. The van der Waals surface area contributed by atoms with Crippen molar-refractivity contribution in [1.29, 1.82) is 0 Å². The highest BCUT2D eigenvalue weighted by atomic mass is 16.5. The lowest BCUT2D eigenvalue weighted by molar-refractivity contribution is -0.122. The van der Waals surface area contributed by atoms with Crippen LogP contribution in [0.1, 0.15) is 26.3 Å². The molecule has 24 heavy (non-hydrogen) atoms. The monoisotopic (exact) mass is 327 g/mol. The largest absolute Gasteiger partial charge is 0.493 e. The number of ether oxygens (including phenoxy) is 2. The van der Waals surface area contributed by atoms with Crippen molar-refractivity contribution >= 4 is 11.6 Å². The van der Waals surface area contributed by atoms with Crippen molar-refractivity contribution in [2.24, 2.45) is 5.92 Å². The molecule has 4 heteroatoms. The molecule has 0 saturated heterocycles. The molecule has 0 saturated carbocycles. The van der Waals surface area contributed by atoms with Gasteiger partial charge in [-0.15, -0.1) is 0 Å². The van der Waals surface area contributed by atoms with E-state index in [1.807, 2.05) is 55.5 Å². The van der Waals surface area contributed by atoms with E-state index in [1.54, 1.807) is 6.92 Å². The van der Waals surface area contributed by atoms with E-state index < -0.39 is 6.10 Å². The van der Waals surface area contributed by atoms with Crippen LogP contribution in [-0.4, -0.2) is 18.6 Å². The van der Waals surface area contributed by atoms with Crippen molar-refractivity contribution in [3.05, 3.63) is 54.1 Å². The molecular formula is C20H25NO3. The van der Waals surface area contributed by atoms with Crippen LogP contribution in [-0.2, 0) is 4.79 Å².